The van der Waals surface area contributed by atoms with Crippen molar-refractivity contribution < 1.29 is 32.9 Å². The molecular formula is C28H30F3N3O5. The predicted octanol–water partition coefficient (Wildman–Crippen LogP) is 3.44. The average Bonchev–Trinajstić information content (AvgIpc) is 3.28. The molecule has 39 heavy (non-hydrogen) atoms. The SMILES string of the molecule is CC.Cc1cc2c(CN3CCC(F)(F)C(CO)C3)c3c(nc2cc1F)-c1cc2c(c(=O)n1C3)COC(=O)C2O. The molecule has 0 spiro atoms. The number of aromatic nitrogens is 2. The van der Waals surface area contributed by atoms with Crippen molar-refractivity contribution in [3.8, 4) is 11.4 Å². The van der Waals surface area contributed by atoms with Crippen LogP contribution in [0, 0.1) is 18.7 Å². The summed E-state index contributed by atoms with van der Waals surface area (Å²) < 4.78 is 49.5. The highest BCUT2D eigenvalue weighted by Gasteiger charge is 2.44. The van der Waals surface area contributed by atoms with Crippen LogP contribution < -0.4 is 5.56 Å². The topological polar surface area (TPSA) is 105 Å². The first-order valence-electron chi connectivity index (χ1n) is 13.0. The van der Waals surface area contributed by atoms with Crippen molar-refractivity contribution in [1.82, 2.24) is 14.5 Å². The van der Waals surface area contributed by atoms with Gasteiger partial charge in [-0.2, -0.15) is 0 Å². The Balaban J connectivity index is 0.00000151. The van der Waals surface area contributed by atoms with Crippen LogP contribution in [0.3, 0.4) is 0 Å². The fraction of sp³-hybridized carbons (Fsp3) is 0.464. The van der Waals surface area contributed by atoms with E-state index >= 15 is 0 Å². The number of cyclic esters (lactones) is 1. The summed E-state index contributed by atoms with van der Waals surface area (Å²) in [4.78, 5) is 31.7. The lowest BCUT2D eigenvalue weighted by Crippen LogP contribution is -2.48. The monoisotopic (exact) mass is 545 g/mol. The van der Waals surface area contributed by atoms with Gasteiger partial charge in [-0.05, 0) is 30.2 Å². The number of nitrogens with zero attached hydrogens (tertiary/aromatic N) is 3. The van der Waals surface area contributed by atoms with Crippen LogP contribution in [-0.4, -0.2) is 56.3 Å². The summed E-state index contributed by atoms with van der Waals surface area (Å²) in [5.41, 5.74) is 2.88. The number of hydrogen-bond acceptors (Lipinski definition) is 7. The summed E-state index contributed by atoms with van der Waals surface area (Å²) in [5, 5.41) is 20.6. The number of piperidine rings is 1. The number of esters is 1. The summed E-state index contributed by atoms with van der Waals surface area (Å²) in [7, 11) is 0. The van der Waals surface area contributed by atoms with E-state index in [2.05, 4.69) is 4.98 Å². The van der Waals surface area contributed by atoms with Crippen LogP contribution in [0.15, 0.2) is 23.0 Å². The van der Waals surface area contributed by atoms with Crippen LogP contribution in [0.25, 0.3) is 22.3 Å². The molecule has 11 heteroatoms. The zero-order valence-corrected chi connectivity index (χ0v) is 21.9. The predicted molar refractivity (Wildman–Crippen MR) is 137 cm³/mol. The Morgan fingerprint density at radius 2 is 1.92 bits per heavy atom. The van der Waals surface area contributed by atoms with Crippen molar-refractivity contribution in [1.29, 1.82) is 0 Å². The number of carbonyl (C=O) groups is 1. The van der Waals surface area contributed by atoms with Crippen molar-refractivity contribution in [3.05, 3.63) is 62.2 Å². The molecule has 2 N–H and O–H groups in total. The molecule has 0 bridgehead atoms. The highest BCUT2D eigenvalue weighted by molar-refractivity contribution is 5.89. The third-order valence-electron chi connectivity index (χ3n) is 7.79. The van der Waals surface area contributed by atoms with E-state index in [1.807, 2.05) is 18.7 Å². The van der Waals surface area contributed by atoms with Crippen LogP contribution in [0.5, 0.6) is 0 Å². The summed E-state index contributed by atoms with van der Waals surface area (Å²) in [6, 6.07) is 4.52. The number of aryl methyl sites for hydroxylation is 1. The Kier molecular flexibility index (Phi) is 7.02. The van der Waals surface area contributed by atoms with Gasteiger partial charge in [-0.25, -0.2) is 22.9 Å². The fourth-order valence-corrected chi connectivity index (χ4v) is 5.63. The van der Waals surface area contributed by atoms with Gasteiger partial charge in [0, 0.05) is 48.6 Å². The smallest absolute Gasteiger partial charge is 0.340 e. The molecule has 2 aromatic heterocycles. The molecule has 0 amide bonds. The van der Waals surface area contributed by atoms with E-state index in [0.717, 1.165) is 5.56 Å². The molecule has 8 nitrogen and oxygen atoms in total. The second-order valence-corrected chi connectivity index (χ2v) is 10.0. The molecule has 1 saturated heterocycles. The number of rotatable bonds is 3. The van der Waals surface area contributed by atoms with E-state index < -0.39 is 48.3 Å². The minimum atomic E-state index is -2.96. The number of carbonyl (C=O) groups excluding carboxylic acids is 1. The number of halogens is 3. The van der Waals surface area contributed by atoms with E-state index in [1.165, 1.54) is 10.6 Å². The number of benzene rings is 1. The number of pyridine rings is 2. The first-order valence-corrected chi connectivity index (χ1v) is 13.0. The molecule has 6 rings (SSSR count). The van der Waals surface area contributed by atoms with Gasteiger partial charge in [0.15, 0.2) is 6.10 Å². The van der Waals surface area contributed by atoms with Gasteiger partial charge in [0.25, 0.3) is 11.5 Å². The zero-order chi connectivity index (χ0) is 28.2. The van der Waals surface area contributed by atoms with E-state index in [-0.39, 0.29) is 43.9 Å². The lowest BCUT2D eigenvalue weighted by Gasteiger charge is -2.38. The first kappa shape index (κ1) is 27.3. The number of ether oxygens (including phenoxy) is 1. The van der Waals surface area contributed by atoms with Gasteiger partial charge in [-0.1, -0.05) is 13.8 Å². The molecule has 3 aliphatic rings. The molecule has 2 unspecified atom stereocenters. The highest BCUT2D eigenvalue weighted by atomic mass is 19.3. The Morgan fingerprint density at radius 1 is 1.18 bits per heavy atom. The van der Waals surface area contributed by atoms with Gasteiger partial charge < -0.3 is 19.5 Å². The van der Waals surface area contributed by atoms with Gasteiger partial charge >= 0.3 is 5.97 Å². The fourth-order valence-electron chi connectivity index (χ4n) is 5.63. The summed E-state index contributed by atoms with van der Waals surface area (Å²) in [5.74, 6) is -5.47. The number of hydrogen-bond donors (Lipinski definition) is 2. The van der Waals surface area contributed by atoms with Gasteiger partial charge in [-0.3, -0.25) is 9.69 Å². The Bertz CT molecular complexity index is 1540. The number of fused-ring (bicyclic) bond motifs is 5. The standard InChI is InChI=1S/C26H24F3N3O5.C2H6/c1-12-4-14-16(8-31-3-2-26(28,29)13(7-31)10-33)17-9-32-21(22(17)30-20(14)6-19(12)27)5-15-18(24(32)35)11-37-25(36)23(15)34;1-2/h4-6,13,23,33-34H,2-3,7-11H2,1H3;1-2H3. The molecule has 0 saturated carbocycles. The van der Waals surface area contributed by atoms with Gasteiger partial charge in [0.1, 0.15) is 12.4 Å². The van der Waals surface area contributed by atoms with Gasteiger partial charge in [0.2, 0.25) is 0 Å². The van der Waals surface area contributed by atoms with Crippen LogP contribution >= 0.6 is 0 Å². The molecule has 0 aliphatic carbocycles. The minimum Gasteiger partial charge on any atom is -0.458 e. The second kappa shape index (κ2) is 10.0. The zero-order valence-electron chi connectivity index (χ0n) is 21.9. The quantitative estimate of drug-likeness (QED) is 0.380. The molecule has 1 aromatic carbocycles. The minimum absolute atomic E-state index is 0.0187. The lowest BCUT2D eigenvalue weighted by atomic mass is 9.92. The second-order valence-electron chi connectivity index (χ2n) is 10.0. The number of aliphatic hydroxyl groups is 2. The summed E-state index contributed by atoms with van der Waals surface area (Å²) >= 11 is 0. The van der Waals surface area contributed by atoms with Gasteiger partial charge in [-0.15, -0.1) is 0 Å². The van der Waals surface area contributed by atoms with E-state index in [0.29, 0.717) is 33.4 Å². The summed E-state index contributed by atoms with van der Waals surface area (Å²) in [6.45, 7) is 5.20. The third-order valence-corrected chi connectivity index (χ3v) is 7.79. The highest BCUT2D eigenvalue weighted by Crippen LogP contribution is 2.40. The van der Waals surface area contributed by atoms with Crippen molar-refractivity contribution in [2.24, 2.45) is 5.92 Å². The molecule has 3 aromatic rings. The Hall–Kier alpha value is -3.28. The third kappa shape index (κ3) is 4.42. The molecule has 1 fully saturated rings. The van der Waals surface area contributed by atoms with Crippen molar-refractivity contribution in [2.45, 2.75) is 58.9 Å². The van der Waals surface area contributed by atoms with E-state index in [9.17, 15) is 33.0 Å². The summed E-state index contributed by atoms with van der Waals surface area (Å²) in [6.07, 6.45) is -1.99. The van der Waals surface area contributed by atoms with Crippen LogP contribution in [0.4, 0.5) is 13.2 Å². The largest absolute Gasteiger partial charge is 0.458 e. The first-order chi connectivity index (χ1) is 18.6. The van der Waals surface area contributed by atoms with E-state index in [4.69, 9.17) is 4.74 Å². The molecule has 3 aliphatic heterocycles. The maximum Gasteiger partial charge on any atom is 0.340 e. The number of alkyl halides is 2. The molecule has 208 valence electrons. The molecule has 5 heterocycles. The van der Waals surface area contributed by atoms with Crippen molar-refractivity contribution in [3.63, 3.8) is 0 Å². The van der Waals surface area contributed by atoms with Gasteiger partial charge in [0.05, 0.1) is 41.5 Å². The molecular weight excluding hydrogens is 515 g/mol. The van der Waals surface area contributed by atoms with Crippen LogP contribution in [0.2, 0.25) is 0 Å². The maximum absolute atomic E-state index is 14.6. The number of aliphatic hydroxyl groups excluding tert-OH is 2. The van der Waals surface area contributed by atoms with Crippen LogP contribution in [-0.2, 0) is 29.2 Å². The normalized spacial score (nSPS) is 21.5. The van der Waals surface area contributed by atoms with Crippen molar-refractivity contribution in [2.75, 3.05) is 19.7 Å². The average molecular weight is 546 g/mol. The number of likely N-dealkylation sites (tertiary alicyclic amines) is 1. The molecule has 2 atom stereocenters. The van der Waals surface area contributed by atoms with E-state index in [1.54, 1.807) is 19.1 Å². The lowest BCUT2D eigenvalue weighted by molar-refractivity contribution is -0.157. The van der Waals surface area contributed by atoms with Crippen molar-refractivity contribution >= 4 is 16.9 Å². The van der Waals surface area contributed by atoms with Crippen LogP contribution in [0.1, 0.15) is 54.2 Å². The molecule has 0 radical (unpaired) electrons. The maximum atomic E-state index is 14.6. The Labute approximate surface area is 222 Å². The Morgan fingerprint density at radius 3 is 2.64 bits per heavy atom.